The highest BCUT2D eigenvalue weighted by molar-refractivity contribution is 7.89. The highest BCUT2D eigenvalue weighted by atomic mass is 32.2. The Labute approximate surface area is 110 Å². The average molecular weight is 289 g/mol. The van der Waals surface area contributed by atoms with Crippen LogP contribution in [0, 0.1) is 10.1 Å². The van der Waals surface area contributed by atoms with Crippen LogP contribution in [0.2, 0.25) is 0 Å². The maximum Gasteiger partial charge on any atom is 0.312 e. The topological polar surface area (TPSA) is 125 Å². The van der Waals surface area contributed by atoms with Gasteiger partial charge in [-0.2, -0.15) is 0 Å². The van der Waals surface area contributed by atoms with E-state index >= 15 is 0 Å². The average Bonchev–Trinajstić information content (AvgIpc) is 2.33. The van der Waals surface area contributed by atoms with Crippen LogP contribution < -0.4 is 15.2 Å². The Kier molecular flexibility index (Phi) is 5.21. The second kappa shape index (κ2) is 6.45. The zero-order valence-corrected chi connectivity index (χ0v) is 11.1. The molecule has 0 aromatic heterocycles. The number of nitro benzene ring substituents is 1. The molecule has 0 bridgehead atoms. The van der Waals surface area contributed by atoms with Crippen molar-refractivity contribution in [1.29, 1.82) is 0 Å². The summed E-state index contributed by atoms with van der Waals surface area (Å²) in [6.45, 7) is 3.45. The summed E-state index contributed by atoms with van der Waals surface area (Å²) in [6, 6.07) is 3.28. The van der Waals surface area contributed by atoms with E-state index in [4.69, 9.17) is 9.88 Å². The number of hydrogen-bond donors (Lipinski definition) is 2. The first-order chi connectivity index (χ1) is 8.86. The van der Waals surface area contributed by atoms with Crippen molar-refractivity contribution in [3.8, 4) is 5.75 Å². The summed E-state index contributed by atoms with van der Waals surface area (Å²) in [4.78, 5) is 9.83. The summed E-state index contributed by atoms with van der Waals surface area (Å²) < 4.78 is 27.5. The van der Waals surface area contributed by atoms with Crippen molar-refractivity contribution in [3.05, 3.63) is 28.3 Å². The smallest absolute Gasteiger partial charge is 0.312 e. The lowest BCUT2D eigenvalue weighted by Gasteiger charge is -2.08. The number of nitrogens with two attached hydrogens (primary N) is 1. The van der Waals surface area contributed by atoms with Gasteiger partial charge in [-0.05, 0) is 18.7 Å². The van der Waals surface area contributed by atoms with E-state index < -0.39 is 20.6 Å². The van der Waals surface area contributed by atoms with Crippen LogP contribution in [0.4, 0.5) is 5.69 Å². The standard InChI is InChI=1S/C10H15N3O5S/c1-2-12-5-6-18-10-4-3-8(19(11,16)17)7-9(10)13(14)15/h3-4,7,12H,2,5-6H2,1H3,(H2,11,16,17). The van der Waals surface area contributed by atoms with Gasteiger partial charge in [-0.25, -0.2) is 13.6 Å². The van der Waals surface area contributed by atoms with E-state index in [1.54, 1.807) is 0 Å². The van der Waals surface area contributed by atoms with Crippen LogP contribution in [0.15, 0.2) is 23.1 Å². The Morgan fingerprint density at radius 3 is 2.68 bits per heavy atom. The number of rotatable bonds is 7. The minimum absolute atomic E-state index is 0.00954. The Bertz CT molecular complexity index is 558. The van der Waals surface area contributed by atoms with Crippen molar-refractivity contribution in [2.24, 2.45) is 5.14 Å². The fourth-order valence-corrected chi connectivity index (χ4v) is 1.88. The van der Waals surface area contributed by atoms with Gasteiger partial charge in [0, 0.05) is 12.6 Å². The molecule has 0 heterocycles. The van der Waals surface area contributed by atoms with Gasteiger partial charge in [-0.3, -0.25) is 10.1 Å². The van der Waals surface area contributed by atoms with Gasteiger partial charge < -0.3 is 10.1 Å². The molecule has 3 N–H and O–H groups in total. The highest BCUT2D eigenvalue weighted by Gasteiger charge is 2.19. The number of sulfonamides is 1. The van der Waals surface area contributed by atoms with Crippen molar-refractivity contribution in [2.45, 2.75) is 11.8 Å². The Hall–Kier alpha value is -1.71. The Balaban J connectivity index is 2.96. The molecule has 0 fully saturated rings. The quantitative estimate of drug-likeness (QED) is 0.420. The molecular formula is C10H15N3O5S. The molecule has 1 aromatic carbocycles. The van der Waals surface area contributed by atoms with Gasteiger partial charge in [0.2, 0.25) is 10.0 Å². The third kappa shape index (κ3) is 4.47. The van der Waals surface area contributed by atoms with Gasteiger partial charge in [0.25, 0.3) is 0 Å². The molecule has 106 valence electrons. The number of nitro groups is 1. The number of ether oxygens (including phenoxy) is 1. The molecule has 0 saturated carbocycles. The van der Waals surface area contributed by atoms with E-state index in [1.807, 2.05) is 6.92 Å². The summed E-state index contributed by atoms with van der Waals surface area (Å²) in [5.41, 5.74) is -0.428. The molecule has 0 radical (unpaired) electrons. The van der Waals surface area contributed by atoms with Gasteiger partial charge in [0.15, 0.2) is 5.75 Å². The fraction of sp³-hybridized carbons (Fsp3) is 0.400. The molecule has 8 nitrogen and oxygen atoms in total. The third-order valence-corrected chi connectivity index (χ3v) is 3.15. The second-order valence-corrected chi connectivity index (χ2v) is 5.20. The maximum atomic E-state index is 11.1. The minimum atomic E-state index is -3.98. The zero-order chi connectivity index (χ0) is 14.5. The Morgan fingerprint density at radius 1 is 1.47 bits per heavy atom. The molecular weight excluding hydrogens is 274 g/mol. The van der Waals surface area contributed by atoms with Crippen molar-refractivity contribution in [2.75, 3.05) is 19.7 Å². The summed E-state index contributed by atoms with van der Waals surface area (Å²) >= 11 is 0. The first-order valence-corrected chi connectivity index (χ1v) is 7.05. The third-order valence-electron chi connectivity index (χ3n) is 2.24. The number of nitrogens with one attached hydrogen (secondary N) is 1. The van der Waals surface area contributed by atoms with Gasteiger partial charge in [0.1, 0.15) is 6.61 Å². The molecule has 9 heteroatoms. The van der Waals surface area contributed by atoms with Crippen LogP contribution in [-0.4, -0.2) is 33.0 Å². The molecule has 0 spiro atoms. The predicted octanol–water partition coefficient (Wildman–Crippen LogP) is 0.231. The maximum absolute atomic E-state index is 11.1. The number of nitrogens with zero attached hydrogens (tertiary/aromatic N) is 1. The molecule has 19 heavy (non-hydrogen) atoms. The van der Waals surface area contributed by atoms with Crippen molar-refractivity contribution in [1.82, 2.24) is 5.32 Å². The molecule has 0 amide bonds. The summed E-state index contributed by atoms with van der Waals surface area (Å²) in [6.07, 6.45) is 0. The van der Waals surface area contributed by atoms with E-state index in [1.165, 1.54) is 12.1 Å². The molecule has 0 atom stereocenters. The van der Waals surface area contributed by atoms with Crippen LogP contribution in [0.25, 0.3) is 0 Å². The van der Waals surface area contributed by atoms with Crippen LogP contribution >= 0.6 is 0 Å². The van der Waals surface area contributed by atoms with Crippen molar-refractivity contribution >= 4 is 15.7 Å². The van der Waals surface area contributed by atoms with E-state index in [9.17, 15) is 18.5 Å². The molecule has 1 rings (SSSR count). The second-order valence-electron chi connectivity index (χ2n) is 3.63. The van der Waals surface area contributed by atoms with E-state index in [0.29, 0.717) is 6.54 Å². The van der Waals surface area contributed by atoms with E-state index in [2.05, 4.69) is 5.32 Å². The molecule has 0 aliphatic heterocycles. The lowest BCUT2D eigenvalue weighted by molar-refractivity contribution is -0.386. The molecule has 1 aromatic rings. The molecule has 0 aliphatic rings. The van der Waals surface area contributed by atoms with Gasteiger partial charge in [-0.15, -0.1) is 0 Å². The van der Waals surface area contributed by atoms with Crippen LogP contribution in [-0.2, 0) is 10.0 Å². The van der Waals surface area contributed by atoms with Gasteiger partial charge >= 0.3 is 5.69 Å². The number of hydrogen-bond acceptors (Lipinski definition) is 6. The fourth-order valence-electron chi connectivity index (χ4n) is 1.35. The minimum Gasteiger partial charge on any atom is -0.485 e. The monoisotopic (exact) mass is 289 g/mol. The number of primary sulfonamides is 1. The van der Waals surface area contributed by atoms with Gasteiger partial charge in [0.05, 0.1) is 9.82 Å². The molecule has 0 aliphatic carbocycles. The lowest BCUT2D eigenvalue weighted by atomic mass is 10.3. The van der Waals surface area contributed by atoms with Crippen LogP contribution in [0.3, 0.4) is 0 Å². The number of benzene rings is 1. The van der Waals surface area contributed by atoms with Crippen molar-refractivity contribution in [3.63, 3.8) is 0 Å². The van der Waals surface area contributed by atoms with E-state index in [0.717, 1.165) is 12.6 Å². The largest absolute Gasteiger partial charge is 0.485 e. The SMILES string of the molecule is CCNCCOc1ccc(S(N)(=O)=O)cc1[N+](=O)[O-]. The highest BCUT2D eigenvalue weighted by Crippen LogP contribution is 2.29. The summed E-state index contributed by atoms with van der Waals surface area (Å²) in [5, 5.41) is 18.8. The first-order valence-electron chi connectivity index (χ1n) is 5.51. The van der Waals surface area contributed by atoms with E-state index in [-0.39, 0.29) is 17.3 Å². The first kappa shape index (κ1) is 15.3. The zero-order valence-electron chi connectivity index (χ0n) is 10.3. The summed E-state index contributed by atoms with van der Waals surface area (Å²) in [5.74, 6) is 0.00954. The predicted molar refractivity (Wildman–Crippen MR) is 68.5 cm³/mol. The molecule has 0 unspecified atom stereocenters. The molecule has 0 saturated heterocycles. The summed E-state index contributed by atoms with van der Waals surface area (Å²) in [7, 11) is -3.98. The van der Waals surface area contributed by atoms with Crippen molar-refractivity contribution < 1.29 is 18.1 Å². The Morgan fingerprint density at radius 2 is 2.16 bits per heavy atom. The lowest BCUT2D eigenvalue weighted by Crippen LogP contribution is -2.20. The number of likely N-dealkylation sites (N-methyl/N-ethyl adjacent to an activating group) is 1. The van der Waals surface area contributed by atoms with Crippen LogP contribution in [0.5, 0.6) is 5.75 Å². The normalized spacial score (nSPS) is 11.3. The van der Waals surface area contributed by atoms with Crippen LogP contribution in [0.1, 0.15) is 6.92 Å². The van der Waals surface area contributed by atoms with Gasteiger partial charge in [-0.1, -0.05) is 6.92 Å².